The number of para-hydroxylation sites is 2. The number of carbonyl (C=O) groups is 1. The largest absolute Gasteiger partial charge is 0.506 e. The van der Waals surface area contributed by atoms with Crippen LogP contribution in [0.15, 0.2) is 48.5 Å². The highest BCUT2D eigenvalue weighted by molar-refractivity contribution is 8.25. The molecule has 1 amide bonds. The molecule has 23 heavy (non-hydrogen) atoms. The van der Waals surface area contributed by atoms with E-state index in [-0.39, 0.29) is 16.9 Å². The predicted octanol–water partition coefficient (Wildman–Crippen LogP) is 3.55. The van der Waals surface area contributed by atoms with Gasteiger partial charge >= 0.3 is 0 Å². The highest BCUT2D eigenvalue weighted by Gasteiger charge is 2.38. The van der Waals surface area contributed by atoms with Gasteiger partial charge in [0.05, 0.1) is 5.69 Å². The van der Waals surface area contributed by atoms with Gasteiger partial charge in [0, 0.05) is 12.2 Å². The van der Waals surface area contributed by atoms with E-state index in [2.05, 4.69) is 5.32 Å². The van der Waals surface area contributed by atoms with Crippen molar-refractivity contribution in [1.29, 1.82) is 0 Å². The second kappa shape index (κ2) is 6.60. The van der Waals surface area contributed by atoms with Gasteiger partial charge < -0.3 is 10.4 Å². The van der Waals surface area contributed by atoms with Gasteiger partial charge in [-0.15, -0.1) is 0 Å². The van der Waals surface area contributed by atoms with E-state index in [0.717, 1.165) is 11.3 Å². The van der Waals surface area contributed by atoms with E-state index in [1.54, 1.807) is 24.3 Å². The molecule has 0 aromatic heterocycles. The van der Waals surface area contributed by atoms with Crippen LogP contribution >= 0.6 is 24.0 Å². The van der Waals surface area contributed by atoms with E-state index in [1.165, 1.54) is 16.7 Å². The first kappa shape index (κ1) is 15.8. The average Bonchev–Trinajstić information content (AvgIpc) is 2.80. The molecule has 0 saturated carbocycles. The van der Waals surface area contributed by atoms with Crippen molar-refractivity contribution in [3.8, 4) is 5.75 Å². The Hall–Kier alpha value is -2.05. The van der Waals surface area contributed by atoms with Crippen LogP contribution in [-0.4, -0.2) is 27.1 Å². The van der Waals surface area contributed by atoms with E-state index < -0.39 is 0 Å². The Morgan fingerprint density at radius 2 is 2.04 bits per heavy atom. The molecule has 0 radical (unpaired) electrons. The summed E-state index contributed by atoms with van der Waals surface area (Å²) >= 11 is 6.66. The average molecular weight is 344 g/mol. The first-order valence-corrected chi connectivity index (χ1v) is 8.48. The highest BCUT2D eigenvalue weighted by atomic mass is 32.2. The third-order valence-corrected chi connectivity index (χ3v) is 5.06. The number of phenolic OH excluding ortho intramolecular Hbond substituents is 1. The summed E-state index contributed by atoms with van der Waals surface area (Å²) < 4.78 is 0.465. The SMILES string of the molecule is Cc1cccc(NCC2SC(=S)N(c3ccccc3O)C2=O)c1. The molecule has 2 aromatic carbocycles. The lowest BCUT2D eigenvalue weighted by molar-refractivity contribution is -0.116. The second-order valence-corrected chi connectivity index (χ2v) is 7.12. The van der Waals surface area contributed by atoms with Crippen LogP contribution in [0.5, 0.6) is 5.75 Å². The van der Waals surface area contributed by atoms with Crippen LogP contribution in [0.3, 0.4) is 0 Å². The van der Waals surface area contributed by atoms with Gasteiger partial charge in [-0.05, 0) is 36.8 Å². The lowest BCUT2D eigenvalue weighted by atomic mass is 10.2. The zero-order valence-corrected chi connectivity index (χ0v) is 14.2. The summed E-state index contributed by atoms with van der Waals surface area (Å²) in [6.45, 7) is 2.51. The zero-order chi connectivity index (χ0) is 16.4. The normalized spacial score (nSPS) is 17.6. The lowest BCUT2D eigenvalue weighted by Gasteiger charge is -2.17. The fourth-order valence-electron chi connectivity index (χ4n) is 2.42. The molecule has 1 aliphatic heterocycles. The lowest BCUT2D eigenvalue weighted by Crippen LogP contribution is -2.34. The number of nitrogens with one attached hydrogen (secondary N) is 1. The number of anilines is 2. The van der Waals surface area contributed by atoms with Crippen LogP contribution in [0, 0.1) is 6.92 Å². The maximum absolute atomic E-state index is 12.6. The molecular formula is C17H16N2O2S2. The van der Waals surface area contributed by atoms with E-state index in [1.807, 2.05) is 31.2 Å². The maximum Gasteiger partial charge on any atom is 0.248 e. The van der Waals surface area contributed by atoms with Crippen LogP contribution < -0.4 is 10.2 Å². The smallest absolute Gasteiger partial charge is 0.248 e. The van der Waals surface area contributed by atoms with Crippen LogP contribution in [-0.2, 0) is 4.79 Å². The summed E-state index contributed by atoms with van der Waals surface area (Å²) in [6.07, 6.45) is 0. The van der Waals surface area contributed by atoms with Crippen molar-refractivity contribution < 1.29 is 9.90 Å². The van der Waals surface area contributed by atoms with Crippen molar-refractivity contribution in [2.45, 2.75) is 12.2 Å². The molecule has 1 unspecified atom stereocenters. The van der Waals surface area contributed by atoms with Crippen LogP contribution in [0.4, 0.5) is 11.4 Å². The monoisotopic (exact) mass is 344 g/mol. The van der Waals surface area contributed by atoms with Gasteiger partial charge in [-0.3, -0.25) is 9.69 Å². The first-order chi connectivity index (χ1) is 11.1. The first-order valence-electron chi connectivity index (χ1n) is 7.19. The number of carbonyl (C=O) groups excluding carboxylic acids is 1. The minimum Gasteiger partial charge on any atom is -0.506 e. The number of aryl methyl sites for hydroxylation is 1. The summed E-state index contributed by atoms with van der Waals surface area (Å²) in [5, 5.41) is 12.9. The summed E-state index contributed by atoms with van der Waals surface area (Å²) in [5.74, 6) is -0.0576. The fourth-order valence-corrected chi connectivity index (χ4v) is 3.87. The molecule has 6 heteroatoms. The molecule has 3 rings (SSSR count). The van der Waals surface area contributed by atoms with Gasteiger partial charge in [-0.1, -0.05) is 48.2 Å². The number of hydrogen-bond acceptors (Lipinski definition) is 5. The number of rotatable bonds is 4. The standard InChI is InChI=1S/C17H16N2O2S2/c1-11-5-4-6-12(9-11)18-10-15-16(21)19(17(22)23-15)13-7-2-3-8-14(13)20/h2-9,15,18,20H,10H2,1H3. The van der Waals surface area contributed by atoms with Crippen molar-refractivity contribution >= 4 is 45.6 Å². The van der Waals surface area contributed by atoms with Crippen LogP contribution in [0.2, 0.25) is 0 Å². The van der Waals surface area contributed by atoms with Gasteiger partial charge in [0.1, 0.15) is 15.3 Å². The number of thioether (sulfide) groups is 1. The van der Waals surface area contributed by atoms with Gasteiger partial charge in [-0.2, -0.15) is 0 Å². The summed E-state index contributed by atoms with van der Waals surface area (Å²) in [4.78, 5) is 14.0. The molecular weight excluding hydrogens is 328 g/mol. The Morgan fingerprint density at radius 1 is 1.26 bits per heavy atom. The number of phenols is 1. The fraction of sp³-hybridized carbons (Fsp3) is 0.176. The molecule has 1 saturated heterocycles. The summed E-state index contributed by atoms with van der Waals surface area (Å²) in [6, 6.07) is 14.7. The van der Waals surface area contributed by atoms with E-state index in [0.29, 0.717) is 16.6 Å². The Morgan fingerprint density at radius 3 is 2.78 bits per heavy atom. The molecule has 118 valence electrons. The summed E-state index contributed by atoms with van der Waals surface area (Å²) in [7, 11) is 0. The Bertz CT molecular complexity index is 764. The zero-order valence-electron chi connectivity index (χ0n) is 12.5. The van der Waals surface area contributed by atoms with Crippen molar-refractivity contribution in [3.63, 3.8) is 0 Å². The third kappa shape index (κ3) is 3.33. The van der Waals surface area contributed by atoms with E-state index >= 15 is 0 Å². The number of hydrogen-bond donors (Lipinski definition) is 2. The van der Waals surface area contributed by atoms with Gasteiger partial charge in [0.2, 0.25) is 5.91 Å². The molecule has 2 N–H and O–H groups in total. The number of aromatic hydroxyl groups is 1. The molecule has 1 fully saturated rings. The van der Waals surface area contributed by atoms with Crippen molar-refractivity contribution in [2.75, 3.05) is 16.8 Å². The van der Waals surface area contributed by atoms with Crippen molar-refractivity contribution in [2.24, 2.45) is 0 Å². The van der Waals surface area contributed by atoms with Crippen molar-refractivity contribution in [3.05, 3.63) is 54.1 Å². The second-order valence-electron chi connectivity index (χ2n) is 5.29. The topological polar surface area (TPSA) is 52.6 Å². The highest BCUT2D eigenvalue weighted by Crippen LogP contribution is 2.36. The molecule has 0 spiro atoms. The minimum atomic E-state index is -0.303. The minimum absolute atomic E-state index is 0.0519. The molecule has 1 atom stereocenters. The molecule has 1 aliphatic rings. The Labute approximate surface area is 144 Å². The van der Waals surface area contributed by atoms with Gasteiger partial charge in [0.25, 0.3) is 0 Å². The predicted molar refractivity (Wildman–Crippen MR) is 99.2 cm³/mol. The van der Waals surface area contributed by atoms with Crippen LogP contribution in [0.1, 0.15) is 5.56 Å². The number of nitrogens with zero attached hydrogens (tertiary/aromatic N) is 1. The number of benzene rings is 2. The number of thiocarbonyl (C=S) groups is 1. The maximum atomic E-state index is 12.6. The van der Waals surface area contributed by atoms with E-state index in [9.17, 15) is 9.90 Å². The number of amides is 1. The molecule has 0 bridgehead atoms. The molecule has 2 aromatic rings. The molecule has 4 nitrogen and oxygen atoms in total. The Balaban J connectivity index is 1.73. The quantitative estimate of drug-likeness (QED) is 0.831. The van der Waals surface area contributed by atoms with Crippen LogP contribution in [0.25, 0.3) is 0 Å². The molecule has 1 heterocycles. The van der Waals surface area contributed by atoms with Crippen molar-refractivity contribution in [1.82, 2.24) is 0 Å². The van der Waals surface area contributed by atoms with Gasteiger partial charge in [-0.25, -0.2) is 0 Å². The van der Waals surface area contributed by atoms with E-state index in [4.69, 9.17) is 12.2 Å². The summed E-state index contributed by atoms with van der Waals surface area (Å²) in [5.41, 5.74) is 2.57. The molecule has 0 aliphatic carbocycles. The van der Waals surface area contributed by atoms with Gasteiger partial charge in [0.15, 0.2) is 0 Å². The third-order valence-electron chi connectivity index (χ3n) is 3.55. The Kier molecular flexibility index (Phi) is 4.54.